The molecule has 12 heteroatoms. The van der Waals surface area contributed by atoms with Crippen molar-refractivity contribution >= 4 is 88.1 Å². The number of aromatic nitrogens is 1. The second-order valence-electron chi connectivity index (χ2n) is 7.35. The van der Waals surface area contributed by atoms with E-state index >= 15 is 0 Å². The van der Waals surface area contributed by atoms with Crippen molar-refractivity contribution in [2.45, 2.75) is 23.6 Å². The molecule has 32 heavy (non-hydrogen) atoms. The number of hydrogen-bond acceptors (Lipinski definition) is 6. The largest absolute Gasteiger partial charge is 0.316 e. The summed E-state index contributed by atoms with van der Waals surface area (Å²) in [6.07, 6.45) is 3.29. The van der Waals surface area contributed by atoms with E-state index in [2.05, 4.69) is 25.5 Å². The van der Waals surface area contributed by atoms with E-state index < -0.39 is 15.9 Å². The van der Waals surface area contributed by atoms with Gasteiger partial charge in [-0.3, -0.25) is 4.79 Å². The van der Waals surface area contributed by atoms with Crippen LogP contribution in [0.5, 0.6) is 0 Å². The van der Waals surface area contributed by atoms with Crippen molar-refractivity contribution in [3.63, 3.8) is 0 Å². The number of hydrogen-bond donors (Lipinski definition) is 0. The molecule has 4 rings (SSSR count). The smallest absolute Gasteiger partial charge is 0.252 e. The molecule has 2 aromatic heterocycles. The van der Waals surface area contributed by atoms with E-state index in [-0.39, 0.29) is 16.7 Å². The quantitative estimate of drug-likeness (QED) is 0.400. The number of piperidine rings is 1. The molecule has 0 N–H and O–H groups in total. The summed E-state index contributed by atoms with van der Waals surface area (Å²) in [6, 6.07) is 9.13. The van der Waals surface area contributed by atoms with Gasteiger partial charge in [0.1, 0.15) is 4.21 Å². The number of aryl methyl sites for hydroxylation is 1. The Morgan fingerprint density at radius 2 is 2.12 bits per heavy atom. The summed E-state index contributed by atoms with van der Waals surface area (Å²) in [5, 5.41) is 0. The zero-order chi connectivity index (χ0) is 22.9. The second-order valence-corrected chi connectivity index (χ2v) is 14.1. The Bertz CT molecular complexity index is 1320. The Balaban J connectivity index is 1.62. The van der Waals surface area contributed by atoms with Gasteiger partial charge in [0.25, 0.3) is 15.9 Å². The zero-order valence-electron chi connectivity index (χ0n) is 17.2. The standard InChI is InChI=1S/C20H21BrClN3O3S4/c1-29-10-9-25-15-5-4-14(21)11-16(15)30-20(25)23-19(26)13-3-2-8-24(12-13)32(27,28)18-7-6-17(22)31-18/h4-7,11,13H,2-3,8-10,12H2,1H3. The van der Waals surface area contributed by atoms with Crippen molar-refractivity contribution < 1.29 is 13.2 Å². The lowest BCUT2D eigenvalue weighted by Gasteiger charge is -2.29. The summed E-state index contributed by atoms with van der Waals surface area (Å²) in [5.74, 6) is 0.180. The molecule has 1 aliphatic rings. The lowest BCUT2D eigenvalue weighted by Crippen LogP contribution is -2.42. The van der Waals surface area contributed by atoms with Gasteiger partial charge in [-0.1, -0.05) is 38.9 Å². The van der Waals surface area contributed by atoms with E-state index in [9.17, 15) is 13.2 Å². The fraction of sp³-hybridized carbons (Fsp3) is 0.400. The first-order valence-corrected chi connectivity index (χ1v) is 15.6. The molecule has 3 heterocycles. The lowest BCUT2D eigenvalue weighted by molar-refractivity contribution is -0.122. The summed E-state index contributed by atoms with van der Waals surface area (Å²) < 4.78 is 32.1. The highest BCUT2D eigenvalue weighted by Gasteiger charge is 2.34. The minimum atomic E-state index is -3.66. The van der Waals surface area contributed by atoms with Gasteiger partial charge in [-0.25, -0.2) is 8.42 Å². The fourth-order valence-corrected chi connectivity index (χ4v) is 8.78. The Morgan fingerprint density at radius 1 is 1.31 bits per heavy atom. The minimum absolute atomic E-state index is 0.140. The molecule has 6 nitrogen and oxygen atoms in total. The van der Waals surface area contributed by atoms with Crippen molar-refractivity contribution in [2.24, 2.45) is 10.9 Å². The monoisotopic (exact) mass is 593 g/mol. The van der Waals surface area contributed by atoms with Crippen LogP contribution in [0.2, 0.25) is 4.34 Å². The molecule has 3 aromatic rings. The van der Waals surface area contributed by atoms with Crippen molar-refractivity contribution in [3.05, 3.63) is 43.9 Å². The summed E-state index contributed by atoms with van der Waals surface area (Å²) in [5.41, 5.74) is 1.04. The van der Waals surface area contributed by atoms with Gasteiger partial charge in [0.2, 0.25) is 0 Å². The molecule has 0 bridgehead atoms. The van der Waals surface area contributed by atoms with E-state index in [0.717, 1.165) is 38.3 Å². The first-order valence-electron chi connectivity index (χ1n) is 9.91. The van der Waals surface area contributed by atoms with Crippen LogP contribution in [0.25, 0.3) is 10.2 Å². The van der Waals surface area contributed by atoms with Crippen molar-refractivity contribution in [1.82, 2.24) is 8.87 Å². The van der Waals surface area contributed by atoms with Gasteiger partial charge in [0, 0.05) is 29.9 Å². The molecule has 1 aromatic carbocycles. The first-order chi connectivity index (χ1) is 15.3. The molecular weight excluding hydrogens is 574 g/mol. The summed E-state index contributed by atoms with van der Waals surface area (Å²) in [4.78, 5) is 18.3. The Hall–Kier alpha value is -0.690. The number of halogens is 2. The molecule has 0 spiro atoms. The maximum atomic E-state index is 13.1. The second kappa shape index (κ2) is 10.3. The first kappa shape index (κ1) is 24.4. The molecule has 1 fully saturated rings. The number of carbonyl (C=O) groups is 1. The molecule has 1 unspecified atom stereocenters. The Labute approximate surface area is 212 Å². The molecule has 0 aliphatic carbocycles. The van der Waals surface area contributed by atoms with Crippen molar-refractivity contribution in [2.75, 3.05) is 25.1 Å². The number of thiophene rings is 1. The average Bonchev–Trinajstić information content (AvgIpc) is 3.35. The highest BCUT2D eigenvalue weighted by Crippen LogP contribution is 2.31. The van der Waals surface area contributed by atoms with Crippen LogP contribution in [-0.4, -0.2) is 48.3 Å². The number of thioether (sulfide) groups is 1. The van der Waals surface area contributed by atoms with Gasteiger partial charge in [-0.05, 0) is 49.4 Å². The van der Waals surface area contributed by atoms with E-state index in [0.29, 0.717) is 28.5 Å². The van der Waals surface area contributed by atoms with Crippen molar-refractivity contribution in [1.29, 1.82) is 0 Å². The van der Waals surface area contributed by atoms with Crippen LogP contribution in [0.1, 0.15) is 12.8 Å². The van der Waals surface area contributed by atoms with Crippen LogP contribution in [0.3, 0.4) is 0 Å². The van der Waals surface area contributed by atoms with Gasteiger partial charge in [-0.15, -0.1) is 11.3 Å². The van der Waals surface area contributed by atoms with E-state index in [1.165, 1.54) is 21.7 Å². The molecule has 1 aliphatic heterocycles. The predicted molar refractivity (Wildman–Crippen MR) is 137 cm³/mol. The van der Waals surface area contributed by atoms with Gasteiger partial charge < -0.3 is 4.57 Å². The maximum Gasteiger partial charge on any atom is 0.252 e. The lowest BCUT2D eigenvalue weighted by atomic mass is 9.99. The predicted octanol–water partition coefficient (Wildman–Crippen LogP) is 5.07. The Kier molecular flexibility index (Phi) is 7.86. The maximum absolute atomic E-state index is 13.1. The number of sulfonamides is 1. The molecule has 0 saturated carbocycles. The van der Waals surface area contributed by atoms with Crippen LogP contribution in [0.15, 0.2) is 44.0 Å². The summed E-state index contributed by atoms with van der Waals surface area (Å²) >= 11 is 13.7. The van der Waals surface area contributed by atoms with Gasteiger partial charge in [0.15, 0.2) is 4.80 Å². The number of carbonyl (C=O) groups excluding carboxylic acids is 1. The SMILES string of the molecule is CSCCn1c(=NC(=O)C2CCCN(S(=O)(=O)c3ccc(Cl)s3)C2)sc2cc(Br)ccc21. The fourth-order valence-electron chi connectivity index (χ4n) is 3.64. The average molecular weight is 595 g/mol. The van der Waals surface area contributed by atoms with Crippen LogP contribution in [0, 0.1) is 5.92 Å². The number of benzene rings is 1. The normalized spacial score (nSPS) is 18.5. The third-order valence-corrected chi connectivity index (χ3v) is 10.9. The van der Waals surface area contributed by atoms with E-state index in [1.54, 1.807) is 17.8 Å². The molecule has 1 amide bonds. The molecule has 0 radical (unpaired) electrons. The number of amides is 1. The minimum Gasteiger partial charge on any atom is -0.316 e. The summed E-state index contributed by atoms with van der Waals surface area (Å²) in [7, 11) is -3.66. The van der Waals surface area contributed by atoms with Crippen LogP contribution >= 0.6 is 62.0 Å². The highest BCUT2D eigenvalue weighted by molar-refractivity contribution is 9.10. The topological polar surface area (TPSA) is 71.7 Å². The van der Waals surface area contributed by atoms with Gasteiger partial charge in [-0.2, -0.15) is 21.1 Å². The molecular formula is C20H21BrClN3O3S4. The summed E-state index contributed by atoms with van der Waals surface area (Å²) in [6.45, 7) is 1.28. The van der Waals surface area contributed by atoms with E-state index in [4.69, 9.17) is 11.6 Å². The van der Waals surface area contributed by atoms with Crippen LogP contribution < -0.4 is 4.80 Å². The van der Waals surface area contributed by atoms with E-state index in [1.807, 2.05) is 24.5 Å². The van der Waals surface area contributed by atoms with Gasteiger partial charge in [0.05, 0.1) is 20.5 Å². The Morgan fingerprint density at radius 3 is 2.84 bits per heavy atom. The van der Waals surface area contributed by atoms with Crippen LogP contribution in [0.4, 0.5) is 0 Å². The number of thiazole rings is 1. The number of rotatable bonds is 6. The number of fused-ring (bicyclic) bond motifs is 1. The molecule has 1 saturated heterocycles. The third kappa shape index (κ3) is 5.18. The number of nitrogens with zero attached hydrogens (tertiary/aromatic N) is 3. The van der Waals surface area contributed by atoms with Crippen molar-refractivity contribution in [3.8, 4) is 0 Å². The van der Waals surface area contributed by atoms with Crippen LogP contribution in [-0.2, 0) is 21.4 Å². The van der Waals surface area contributed by atoms with Gasteiger partial charge >= 0.3 is 0 Å². The zero-order valence-corrected chi connectivity index (χ0v) is 22.8. The molecule has 1 atom stereocenters. The third-order valence-electron chi connectivity index (χ3n) is 5.25. The highest BCUT2D eigenvalue weighted by atomic mass is 79.9. The molecule has 172 valence electrons.